The molecule has 0 radical (unpaired) electrons. The van der Waals surface area contributed by atoms with Crippen molar-refractivity contribution >= 4 is 34.7 Å². The molecule has 2 fully saturated rings. The van der Waals surface area contributed by atoms with E-state index in [2.05, 4.69) is 17.0 Å². The lowest BCUT2D eigenvalue weighted by molar-refractivity contribution is -0.123. The summed E-state index contributed by atoms with van der Waals surface area (Å²) in [6, 6.07) is 13.9. The van der Waals surface area contributed by atoms with Crippen LogP contribution in [0.5, 0.6) is 0 Å². The van der Waals surface area contributed by atoms with E-state index in [1.807, 2.05) is 12.1 Å². The van der Waals surface area contributed by atoms with Crippen molar-refractivity contribution in [1.82, 2.24) is 4.90 Å². The molecule has 4 rings (SSSR count). The van der Waals surface area contributed by atoms with Crippen molar-refractivity contribution in [2.24, 2.45) is 0 Å². The van der Waals surface area contributed by atoms with E-state index in [-0.39, 0.29) is 23.5 Å². The Morgan fingerprint density at radius 2 is 1.63 bits per heavy atom. The lowest BCUT2D eigenvalue weighted by atomic mass is 10.1. The standard InChI is InChI=1S/C21H19FN2O2S/c22-17-7-3-16(4-8-17)14-24-20(25)19(27-21(24)26)13-15-5-9-18(10-6-15)23-11-1-2-12-23/h3-10,13H,1-2,11-12,14H2/b19-13-. The van der Waals surface area contributed by atoms with Crippen LogP contribution in [0.15, 0.2) is 53.4 Å². The highest BCUT2D eigenvalue weighted by Crippen LogP contribution is 2.33. The number of amides is 2. The van der Waals surface area contributed by atoms with Gasteiger partial charge < -0.3 is 4.90 Å². The minimum Gasteiger partial charge on any atom is -0.372 e. The number of halogens is 1. The normalized spacial score (nSPS) is 18.8. The quantitative estimate of drug-likeness (QED) is 0.721. The number of benzene rings is 2. The van der Waals surface area contributed by atoms with Crippen molar-refractivity contribution in [2.75, 3.05) is 18.0 Å². The summed E-state index contributed by atoms with van der Waals surface area (Å²) in [5.41, 5.74) is 2.80. The van der Waals surface area contributed by atoms with Crippen LogP contribution in [-0.4, -0.2) is 29.1 Å². The van der Waals surface area contributed by atoms with Gasteiger partial charge in [-0.15, -0.1) is 0 Å². The third-order valence-corrected chi connectivity index (χ3v) is 5.70. The van der Waals surface area contributed by atoms with Gasteiger partial charge in [0.05, 0.1) is 11.4 Å². The Bertz CT molecular complexity index is 887. The molecule has 2 aliphatic heterocycles. The molecule has 0 aromatic heterocycles. The summed E-state index contributed by atoms with van der Waals surface area (Å²) in [4.78, 5) is 28.8. The van der Waals surface area contributed by atoms with E-state index >= 15 is 0 Å². The summed E-state index contributed by atoms with van der Waals surface area (Å²) < 4.78 is 13.0. The highest BCUT2D eigenvalue weighted by atomic mass is 32.2. The molecule has 0 aliphatic carbocycles. The van der Waals surface area contributed by atoms with Gasteiger partial charge in [0, 0.05) is 18.8 Å². The maximum absolute atomic E-state index is 13.0. The molecule has 2 saturated heterocycles. The minimum absolute atomic E-state index is 0.149. The molecule has 6 heteroatoms. The number of nitrogens with zero attached hydrogens (tertiary/aromatic N) is 2. The third-order valence-electron chi connectivity index (χ3n) is 4.79. The van der Waals surface area contributed by atoms with Gasteiger partial charge in [-0.05, 0) is 66.1 Å². The predicted octanol–water partition coefficient (Wildman–Crippen LogP) is 4.66. The van der Waals surface area contributed by atoms with Crippen LogP contribution in [-0.2, 0) is 11.3 Å². The van der Waals surface area contributed by atoms with Gasteiger partial charge in [0.15, 0.2) is 0 Å². The minimum atomic E-state index is -0.342. The van der Waals surface area contributed by atoms with Crippen LogP contribution in [0.4, 0.5) is 14.9 Å². The Hall–Kier alpha value is -2.60. The van der Waals surface area contributed by atoms with Crippen LogP contribution in [0.2, 0.25) is 0 Å². The van der Waals surface area contributed by atoms with Crippen LogP contribution in [0.1, 0.15) is 24.0 Å². The third kappa shape index (κ3) is 3.90. The average molecular weight is 382 g/mol. The average Bonchev–Trinajstić information content (AvgIpc) is 3.29. The summed E-state index contributed by atoms with van der Waals surface area (Å²) in [7, 11) is 0. The first-order chi connectivity index (χ1) is 13.1. The van der Waals surface area contributed by atoms with E-state index in [1.165, 1.54) is 35.6 Å². The molecule has 0 bridgehead atoms. The van der Waals surface area contributed by atoms with Crippen molar-refractivity contribution in [3.8, 4) is 0 Å². The second-order valence-corrected chi connectivity index (χ2v) is 7.67. The molecular formula is C21H19FN2O2S. The Labute approximate surface area is 161 Å². The molecule has 0 atom stereocenters. The number of hydrogen-bond donors (Lipinski definition) is 0. The summed E-state index contributed by atoms with van der Waals surface area (Å²) >= 11 is 0.943. The van der Waals surface area contributed by atoms with Gasteiger partial charge in [0.1, 0.15) is 5.82 Å². The van der Waals surface area contributed by atoms with Gasteiger partial charge in [0.25, 0.3) is 11.1 Å². The fourth-order valence-corrected chi connectivity index (χ4v) is 4.16. The zero-order chi connectivity index (χ0) is 18.8. The Morgan fingerprint density at radius 3 is 2.30 bits per heavy atom. The van der Waals surface area contributed by atoms with E-state index < -0.39 is 0 Å². The van der Waals surface area contributed by atoms with Gasteiger partial charge in [0.2, 0.25) is 0 Å². The van der Waals surface area contributed by atoms with Gasteiger partial charge in [-0.3, -0.25) is 14.5 Å². The number of carbonyl (C=O) groups is 2. The molecule has 2 heterocycles. The summed E-state index contributed by atoms with van der Waals surface area (Å²) in [5.74, 6) is -0.650. The fraction of sp³-hybridized carbons (Fsp3) is 0.238. The highest BCUT2D eigenvalue weighted by Gasteiger charge is 2.34. The number of anilines is 1. The molecule has 27 heavy (non-hydrogen) atoms. The van der Waals surface area contributed by atoms with Crippen LogP contribution < -0.4 is 4.90 Å². The Kier molecular flexibility index (Phi) is 4.99. The predicted molar refractivity (Wildman–Crippen MR) is 106 cm³/mol. The lowest BCUT2D eigenvalue weighted by Gasteiger charge is -2.17. The van der Waals surface area contributed by atoms with E-state index in [4.69, 9.17) is 0 Å². The van der Waals surface area contributed by atoms with E-state index in [9.17, 15) is 14.0 Å². The van der Waals surface area contributed by atoms with E-state index in [0.29, 0.717) is 4.91 Å². The molecule has 2 aliphatic rings. The zero-order valence-electron chi connectivity index (χ0n) is 14.7. The second-order valence-electron chi connectivity index (χ2n) is 6.68. The number of carbonyl (C=O) groups excluding carboxylic acids is 2. The molecule has 138 valence electrons. The molecule has 2 aromatic rings. The molecule has 2 amide bonds. The molecule has 0 spiro atoms. The Morgan fingerprint density at radius 1 is 0.963 bits per heavy atom. The van der Waals surface area contributed by atoms with Crippen molar-refractivity contribution in [1.29, 1.82) is 0 Å². The van der Waals surface area contributed by atoms with Gasteiger partial charge in [-0.2, -0.15) is 0 Å². The lowest BCUT2D eigenvalue weighted by Crippen LogP contribution is -2.27. The second kappa shape index (κ2) is 7.56. The van der Waals surface area contributed by atoms with Crippen molar-refractivity contribution < 1.29 is 14.0 Å². The van der Waals surface area contributed by atoms with Crippen LogP contribution in [0, 0.1) is 5.82 Å². The largest absolute Gasteiger partial charge is 0.372 e. The number of rotatable bonds is 4. The maximum atomic E-state index is 13.0. The summed E-state index contributed by atoms with van der Waals surface area (Å²) in [5, 5.41) is -0.302. The van der Waals surface area contributed by atoms with Gasteiger partial charge in [-0.25, -0.2) is 4.39 Å². The highest BCUT2D eigenvalue weighted by molar-refractivity contribution is 8.18. The van der Waals surface area contributed by atoms with Gasteiger partial charge in [-0.1, -0.05) is 24.3 Å². The molecule has 0 saturated carbocycles. The first kappa shape index (κ1) is 17.8. The molecular weight excluding hydrogens is 363 g/mol. The number of imide groups is 1. The van der Waals surface area contributed by atoms with Crippen LogP contribution in [0.25, 0.3) is 6.08 Å². The topological polar surface area (TPSA) is 40.6 Å². The first-order valence-corrected chi connectivity index (χ1v) is 9.77. The molecule has 0 N–H and O–H groups in total. The maximum Gasteiger partial charge on any atom is 0.293 e. The molecule has 4 nitrogen and oxygen atoms in total. The first-order valence-electron chi connectivity index (χ1n) is 8.95. The summed E-state index contributed by atoms with van der Waals surface area (Å²) in [6.07, 6.45) is 4.20. The van der Waals surface area contributed by atoms with E-state index in [0.717, 1.165) is 36.0 Å². The van der Waals surface area contributed by atoms with Crippen molar-refractivity contribution in [3.05, 3.63) is 70.4 Å². The smallest absolute Gasteiger partial charge is 0.293 e. The zero-order valence-corrected chi connectivity index (χ0v) is 15.5. The van der Waals surface area contributed by atoms with Crippen LogP contribution in [0.3, 0.4) is 0 Å². The summed E-state index contributed by atoms with van der Waals surface area (Å²) in [6.45, 7) is 2.32. The number of thioether (sulfide) groups is 1. The number of hydrogen-bond acceptors (Lipinski definition) is 4. The molecule has 2 aromatic carbocycles. The van der Waals surface area contributed by atoms with Crippen molar-refractivity contribution in [3.63, 3.8) is 0 Å². The SMILES string of the molecule is O=C1S/C(=C\c2ccc(N3CCCC3)cc2)C(=O)N1Cc1ccc(F)cc1. The Balaban J connectivity index is 1.48. The fourth-order valence-electron chi connectivity index (χ4n) is 3.32. The van der Waals surface area contributed by atoms with Gasteiger partial charge >= 0.3 is 0 Å². The van der Waals surface area contributed by atoms with Crippen LogP contribution >= 0.6 is 11.8 Å². The van der Waals surface area contributed by atoms with E-state index in [1.54, 1.807) is 18.2 Å². The monoisotopic (exact) mass is 382 g/mol. The van der Waals surface area contributed by atoms with Crippen molar-refractivity contribution in [2.45, 2.75) is 19.4 Å². The molecule has 0 unspecified atom stereocenters.